The molecule has 1 aromatic carbocycles. The number of carboxylic acid groups (broad SMARTS) is 2. The van der Waals surface area contributed by atoms with E-state index in [1.807, 2.05) is 0 Å². The lowest BCUT2D eigenvalue weighted by Gasteiger charge is -2.14. The molecule has 0 aliphatic rings. The van der Waals surface area contributed by atoms with Gasteiger partial charge < -0.3 is 31.6 Å². The number of aromatic nitrogens is 2. The van der Waals surface area contributed by atoms with E-state index in [2.05, 4.69) is 20.6 Å². The van der Waals surface area contributed by atoms with Crippen molar-refractivity contribution in [1.82, 2.24) is 15.3 Å². The average Bonchev–Trinajstić information content (AvgIpc) is 2.70. The number of hydrogen-bond acceptors (Lipinski definition) is 7. The van der Waals surface area contributed by atoms with E-state index in [1.165, 1.54) is 24.3 Å². The van der Waals surface area contributed by atoms with Crippen LogP contribution >= 0.6 is 12.2 Å². The first-order valence-corrected chi connectivity index (χ1v) is 9.98. The number of benzene rings is 1. The fraction of sp³-hybridized carbons (Fsp3) is 0.300. The summed E-state index contributed by atoms with van der Waals surface area (Å²) in [7, 11) is 0. The molecule has 2 rings (SSSR count). The average molecular weight is 462 g/mol. The number of nitrogen functional groups attached to an aromatic ring is 1. The number of carboxylic acids is 2. The molecule has 170 valence electrons. The third-order valence-electron chi connectivity index (χ3n) is 4.53. The van der Waals surface area contributed by atoms with Gasteiger partial charge in [0.25, 0.3) is 5.91 Å². The molecule has 7 N–H and O–H groups in total. The number of aryl methyl sites for hydroxylation is 1. The number of H-pyrrole nitrogens is 1. The SMILES string of the molecule is Cc1[nH]c(N)nc(=S)c1CCC(=O)Nc1ccc(C(=O)NC(CCC(=O)O)C(=O)O)cc1. The van der Waals surface area contributed by atoms with Crippen molar-refractivity contribution < 1.29 is 29.4 Å². The molecule has 0 saturated carbocycles. The minimum atomic E-state index is -1.32. The van der Waals surface area contributed by atoms with Crippen LogP contribution in [-0.4, -0.2) is 50.0 Å². The van der Waals surface area contributed by atoms with Gasteiger partial charge >= 0.3 is 11.9 Å². The fourth-order valence-electron chi connectivity index (χ4n) is 2.86. The normalized spacial score (nSPS) is 11.4. The molecule has 0 aliphatic carbocycles. The highest BCUT2D eigenvalue weighted by Gasteiger charge is 2.21. The van der Waals surface area contributed by atoms with Gasteiger partial charge in [-0.25, -0.2) is 9.78 Å². The number of nitrogens with zero attached hydrogens (tertiary/aromatic N) is 1. The van der Waals surface area contributed by atoms with Gasteiger partial charge in [-0.05, 0) is 44.0 Å². The summed E-state index contributed by atoms with van der Waals surface area (Å²) in [4.78, 5) is 53.2. The number of nitrogens with one attached hydrogen (secondary N) is 3. The van der Waals surface area contributed by atoms with Crippen LogP contribution in [0.4, 0.5) is 11.6 Å². The second-order valence-corrected chi connectivity index (χ2v) is 7.34. The maximum atomic E-state index is 12.2. The van der Waals surface area contributed by atoms with Gasteiger partial charge in [-0.15, -0.1) is 0 Å². The van der Waals surface area contributed by atoms with Gasteiger partial charge in [0.05, 0.1) is 0 Å². The third-order valence-corrected chi connectivity index (χ3v) is 4.87. The predicted molar refractivity (Wildman–Crippen MR) is 118 cm³/mol. The smallest absolute Gasteiger partial charge is 0.326 e. The Balaban J connectivity index is 1.93. The zero-order valence-electron chi connectivity index (χ0n) is 17.2. The molecule has 12 heteroatoms. The lowest BCUT2D eigenvalue weighted by Crippen LogP contribution is -2.41. The molecular weight excluding hydrogens is 438 g/mol. The van der Waals surface area contributed by atoms with E-state index in [-0.39, 0.29) is 36.7 Å². The largest absolute Gasteiger partial charge is 0.481 e. The standard InChI is InChI=1S/C20H23N5O6S/c1-10-13(18(32)25-20(21)22-10)6-8-15(26)23-12-4-2-11(3-5-12)17(29)24-14(19(30)31)7-9-16(27)28/h2-5,14H,6-9H2,1H3,(H,23,26)(H,24,29)(H,27,28)(H,30,31)(H3,21,22,25,32). The molecule has 1 atom stereocenters. The highest BCUT2D eigenvalue weighted by Crippen LogP contribution is 2.14. The summed E-state index contributed by atoms with van der Waals surface area (Å²) in [6.07, 6.45) is -0.111. The molecule has 2 amide bonds. The van der Waals surface area contributed by atoms with Gasteiger partial charge in [-0.2, -0.15) is 0 Å². The van der Waals surface area contributed by atoms with Crippen molar-refractivity contribution >= 4 is 47.6 Å². The molecule has 0 bridgehead atoms. The Morgan fingerprint density at radius 1 is 1.16 bits per heavy atom. The van der Waals surface area contributed by atoms with Gasteiger partial charge in [0.2, 0.25) is 5.91 Å². The first-order chi connectivity index (χ1) is 15.1. The highest BCUT2D eigenvalue weighted by atomic mass is 32.1. The Hall–Kier alpha value is -3.80. The summed E-state index contributed by atoms with van der Waals surface area (Å²) in [6, 6.07) is 4.52. The van der Waals surface area contributed by atoms with Crippen LogP contribution in [0, 0.1) is 11.6 Å². The van der Waals surface area contributed by atoms with Gasteiger partial charge in [-0.3, -0.25) is 14.4 Å². The zero-order valence-corrected chi connectivity index (χ0v) is 18.0. The third kappa shape index (κ3) is 7.16. The second kappa shape index (κ2) is 11.0. The molecule has 1 unspecified atom stereocenters. The summed E-state index contributed by atoms with van der Waals surface area (Å²) in [5.41, 5.74) is 7.68. The van der Waals surface area contributed by atoms with Crippen molar-refractivity contribution in [1.29, 1.82) is 0 Å². The Labute approximate surface area is 188 Å². The van der Waals surface area contributed by atoms with Crippen LogP contribution in [-0.2, 0) is 20.8 Å². The van der Waals surface area contributed by atoms with Gasteiger partial charge in [0.15, 0.2) is 5.95 Å². The topological polar surface area (TPSA) is 187 Å². The summed E-state index contributed by atoms with van der Waals surface area (Å²) in [5, 5.41) is 22.8. The molecule has 32 heavy (non-hydrogen) atoms. The first-order valence-electron chi connectivity index (χ1n) is 9.57. The molecule has 0 fully saturated rings. The monoisotopic (exact) mass is 461 g/mol. The number of aromatic amines is 1. The molecule has 0 saturated heterocycles. The van der Waals surface area contributed by atoms with Crippen molar-refractivity contribution in [2.75, 3.05) is 11.1 Å². The van der Waals surface area contributed by atoms with Crippen LogP contribution in [0.25, 0.3) is 0 Å². The van der Waals surface area contributed by atoms with E-state index in [9.17, 15) is 19.2 Å². The molecular formula is C20H23N5O6S. The van der Waals surface area contributed by atoms with Crippen molar-refractivity contribution in [3.8, 4) is 0 Å². The maximum absolute atomic E-state index is 12.2. The first kappa shape index (κ1) is 24.5. The van der Waals surface area contributed by atoms with Crippen LogP contribution < -0.4 is 16.4 Å². The van der Waals surface area contributed by atoms with Gasteiger partial charge in [0.1, 0.15) is 10.7 Å². The number of hydrogen-bond donors (Lipinski definition) is 6. The number of amides is 2. The van der Waals surface area contributed by atoms with E-state index in [4.69, 9.17) is 28.2 Å². The molecule has 0 radical (unpaired) electrons. The van der Waals surface area contributed by atoms with Crippen LogP contribution in [0.15, 0.2) is 24.3 Å². The Morgan fingerprint density at radius 3 is 2.38 bits per heavy atom. The quantitative estimate of drug-likeness (QED) is 0.286. The lowest BCUT2D eigenvalue weighted by molar-refractivity contribution is -0.140. The Morgan fingerprint density at radius 2 is 1.81 bits per heavy atom. The summed E-state index contributed by atoms with van der Waals surface area (Å²) in [5.74, 6) is -3.21. The van der Waals surface area contributed by atoms with Gasteiger partial charge in [-0.1, -0.05) is 12.2 Å². The number of nitrogens with two attached hydrogens (primary N) is 1. The second-order valence-electron chi connectivity index (χ2n) is 6.95. The number of carbonyl (C=O) groups is 4. The summed E-state index contributed by atoms with van der Waals surface area (Å²) < 4.78 is 0.338. The van der Waals surface area contributed by atoms with Crippen molar-refractivity contribution in [2.45, 2.75) is 38.6 Å². The number of aliphatic carboxylic acids is 2. The minimum absolute atomic E-state index is 0.149. The number of anilines is 2. The van der Waals surface area contributed by atoms with Crippen molar-refractivity contribution in [2.24, 2.45) is 0 Å². The van der Waals surface area contributed by atoms with Crippen LogP contribution in [0.3, 0.4) is 0 Å². The molecule has 1 aromatic heterocycles. The Kier molecular flexibility index (Phi) is 8.41. The summed E-state index contributed by atoms with van der Waals surface area (Å²) >= 11 is 5.18. The molecule has 1 heterocycles. The van der Waals surface area contributed by atoms with E-state index in [0.29, 0.717) is 16.7 Å². The molecule has 0 spiro atoms. The molecule has 0 aliphatic heterocycles. The Bertz CT molecular complexity index is 1080. The molecule has 2 aromatic rings. The highest BCUT2D eigenvalue weighted by molar-refractivity contribution is 7.71. The lowest BCUT2D eigenvalue weighted by atomic mass is 10.1. The van der Waals surface area contributed by atoms with E-state index in [0.717, 1.165) is 11.3 Å². The number of rotatable bonds is 10. The number of carbonyl (C=O) groups excluding carboxylic acids is 2. The maximum Gasteiger partial charge on any atom is 0.326 e. The predicted octanol–water partition coefficient (Wildman–Crippen LogP) is 1.65. The van der Waals surface area contributed by atoms with E-state index >= 15 is 0 Å². The van der Waals surface area contributed by atoms with Gasteiger partial charge in [0, 0.05) is 35.3 Å². The van der Waals surface area contributed by atoms with E-state index < -0.39 is 23.9 Å². The van der Waals surface area contributed by atoms with Crippen molar-refractivity contribution in [3.05, 3.63) is 45.7 Å². The zero-order chi connectivity index (χ0) is 23.8. The van der Waals surface area contributed by atoms with Crippen LogP contribution in [0.5, 0.6) is 0 Å². The fourth-order valence-corrected chi connectivity index (χ4v) is 3.21. The van der Waals surface area contributed by atoms with Crippen molar-refractivity contribution in [3.63, 3.8) is 0 Å². The molecule has 11 nitrogen and oxygen atoms in total. The van der Waals surface area contributed by atoms with E-state index in [1.54, 1.807) is 6.92 Å². The van der Waals surface area contributed by atoms with Crippen LogP contribution in [0.1, 0.15) is 40.9 Å². The minimum Gasteiger partial charge on any atom is -0.481 e. The summed E-state index contributed by atoms with van der Waals surface area (Å²) in [6.45, 7) is 1.79. The van der Waals surface area contributed by atoms with Crippen LogP contribution in [0.2, 0.25) is 0 Å².